The third-order valence-corrected chi connectivity index (χ3v) is 3.92. The lowest BCUT2D eigenvalue weighted by Crippen LogP contribution is -2.10. The number of hydrogen-bond acceptors (Lipinski definition) is 2. The second-order valence-electron chi connectivity index (χ2n) is 5.22. The number of aryl methyl sites for hydroxylation is 3. The molecular weight excluding hydrogens is 250 g/mol. The number of fused-ring (bicyclic) bond motifs is 1. The van der Waals surface area contributed by atoms with Gasteiger partial charge in [0.1, 0.15) is 0 Å². The summed E-state index contributed by atoms with van der Waals surface area (Å²) >= 11 is 0. The summed E-state index contributed by atoms with van der Waals surface area (Å²) in [6.07, 6.45) is 2.50. The Morgan fingerprint density at radius 3 is 2.50 bits per heavy atom. The highest BCUT2D eigenvalue weighted by Gasteiger charge is 2.19. The van der Waals surface area contributed by atoms with Crippen molar-refractivity contribution in [2.24, 2.45) is 0 Å². The van der Waals surface area contributed by atoms with E-state index < -0.39 is 5.97 Å². The lowest BCUT2D eigenvalue weighted by Gasteiger charge is -2.15. The molecule has 0 aliphatic heterocycles. The van der Waals surface area contributed by atoms with Crippen molar-refractivity contribution in [2.75, 3.05) is 0 Å². The number of rotatable bonds is 4. The van der Waals surface area contributed by atoms with E-state index in [1.54, 1.807) is 0 Å². The van der Waals surface area contributed by atoms with Gasteiger partial charge in [-0.15, -0.1) is 0 Å². The minimum atomic E-state index is -0.852. The Morgan fingerprint density at radius 2 is 1.95 bits per heavy atom. The van der Waals surface area contributed by atoms with Crippen molar-refractivity contribution in [3.8, 4) is 0 Å². The van der Waals surface area contributed by atoms with Gasteiger partial charge in [0.15, 0.2) is 0 Å². The van der Waals surface area contributed by atoms with Crippen molar-refractivity contribution in [2.45, 2.75) is 47.0 Å². The van der Waals surface area contributed by atoms with E-state index in [0.29, 0.717) is 12.0 Å². The normalized spacial score (nSPS) is 11.0. The van der Waals surface area contributed by atoms with Crippen LogP contribution in [0.15, 0.2) is 12.1 Å². The van der Waals surface area contributed by atoms with Gasteiger partial charge in [-0.3, -0.25) is 4.98 Å². The van der Waals surface area contributed by atoms with Crippen LogP contribution < -0.4 is 0 Å². The first kappa shape index (κ1) is 14.5. The molecule has 0 atom stereocenters. The molecule has 0 aliphatic rings. The van der Waals surface area contributed by atoms with Crippen LogP contribution in [0.3, 0.4) is 0 Å². The minimum Gasteiger partial charge on any atom is -0.478 e. The summed E-state index contributed by atoms with van der Waals surface area (Å²) in [6.45, 7) is 8.13. The summed E-state index contributed by atoms with van der Waals surface area (Å²) in [5.41, 5.74) is 5.31. The molecule has 0 radical (unpaired) electrons. The number of aromatic carboxylic acids is 1. The van der Waals surface area contributed by atoms with Gasteiger partial charge in [0.25, 0.3) is 0 Å². The molecule has 1 N–H and O–H groups in total. The zero-order valence-electron chi connectivity index (χ0n) is 12.6. The van der Waals surface area contributed by atoms with E-state index in [0.717, 1.165) is 46.1 Å². The van der Waals surface area contributed by atoms with Crippen LogP contribution in [-0.2, 0) is 12.8 Å². The first-order valence-corrected chi connectivity index (χ1v) is 7.16. The molecule has 1 aromatic carbocycles. The van der Waals surface area contributed by atoms with Crippen LogP contribution in [-0.4, -0.2) is 16.1 Å². The van der Waals surface area contributed by atoms with Crippen LogP contribution in [0.5, 0.6) is 0 Å². The van der Waals surface area contributed by atoms with Gasteiger partial charge in [-0.1, -0.05) is 32.4 Å². The number of carboxylic acids is 1. The summed E-state index contributed by atoms with van der Waals surface area (Å²) in [4.78, 5) is 16.5. The second-order valence-corrected chi connectivity index (χ2v) is 5.22. The SMILES string of the molecule is CCCc1nc2c(C)c(C)ccc2c(C(=O)O)c1CC. The molecule has 1 heterocycles. The molecule has 0 bridgehead atoms. The molecule has 3 nitrogen and oxygen atoms in total. The van der Waals surface area contributed by atoms with Crippen LogP contribution in [0.4, 0.5) is 0 Å². The fraction of sp³-hybridized carbons (Fsp3) is 0.412. The maximum Gasteiger partial charge on any atom is 0.336 e. The molecule has 20 heavy (non-hydrogen) atoms. The highest BCUT2D eigenvalue weighted by atomic mass is 16.4. The third kappa shape index (κ3) is 2.28. The number of carbonyl (C=O) groups is 1. The minimum absolute atomic E-state index is 0.434. The standard InChI is InChI=1S/C17H21NO2/c1-5-7-14-12(6-2)15(17(19)20)13-9-8-10(3)11(4)16(13)18-14/h8-9H,5-7H2,1-4H3,(H,19,20). The predicted molar refractivity (Wildman–Crippen MR) is 81.5 cm³/mol. The molecule has 0 amide bonds. The summed E-state index contributed by atoms with van der Waals surface area (Å²) in [5.74, 6) is -0.852. The Morgan fingerprint density at radius 1 is 1.25 bits per heavy atom. The van der Waals surface area contributed by atoms with Gasteiger partial charge in [-0.25, -0.2) is 4.79 Å². The van der Waals surface area contributed by atoms with Crippen LogP contribution in [0, 0.1) is 13.8 Å². The second kappa shape index (κ2) is 5.61. The lowest BCUT2D eigenvalue weighted by molar-refractivity contribution is 0.0697. The first-order valence-electron chi connectivity index (χ1n) is 7.16. The predicted octanol–water partition coefficient (Wildman–Crippen LogP) is 4.06. The van der Waals surface area contributed by atoms with Gasteiger partial charge in [0.2, 0.25) is 0 Å². The number of benzene rings is 1. The number of hydrogen-bond donors (Lipinski definition) is 1. The fourth-order valence-electron chi connectivity index (χ4n) is 2.72. The average Bonchev–Trinajstić information content (AvgIpc) is 2.42. The topological polar surface area (TPSA) is 50.2 Å². The van der Waals surface area contributed by atoms with Gasteiger partial charge in [0, 0.05) is 11.1 Å². The van der Waals surface area contributed by atoms with E-state index in [1.807, 2.05) is 32.9 Å². The van der Waals surface area contributed by atoms with E-state index >= 15 is 0 Å². The van der Waals surface area contributed by atoms with Crippen LogP contribution in [0.2, 0.25) is 0 Å². The fourth-order valence-corrected chi connectivity index (χ4v) is 2.72. The molecule has 0 unspecified atom stereocenters. The molecular formula is C17H21NO2. The quantitative estimate of drug-likeness (QED) is 0.912. The van der Waals surface area contributed by atoms with Gasteiger partial charge in [0.05, 0.1) is 11.1 Å². The molecule has 3 heteroatoms. The third-order valence-electron chi connectivity index (χ3n) is 3.92. The highest BCUT2D eigenvalue weighted by molar-refractivity contribution is 6.05. The van der Waals surface area contributed by atoms with Crippen LogP contribution >= 0.6 is 0 Å². The molecule has 0 aliphatic carbocycles. The molecule has 0 saturated heterocycles. The zero-order chi connectivity index (χ0) is 14.9. The maximum absolute atomic E-state index is 11.7. The van der Waals surface area contributed by atoms with Crippen LogP contribution in [0.1, 0.15) is 53.0 Å². The summed E-state index contributed by atoms with van der Waals surface area (Å²) in [7, 11) is 0. The number of nitrogens with zero attached hydrogens (tertiary/aromatic N) is 1. The summed E-state index contributed by atoms with van der Waals surface area (Å²) < 4.78 is 0. The Hall–Kier alpha value is -1.90. The number of aromatic nitrogens is 1. The van der Waals surface area contributed by atoms with Crippen molar-refractivity contribution in [3.05, 3.63) is 40.1 Å². The van der Waals surface area contributed by atoms with Crippen molar-refractivity contribution < 1.29 is 9.90 Å². The Balaban J connectivity index is 2.93. The lowest BCUT2D eigenvalue weighted by atomic mass is 9.94. The molecule has 2 aromatic rings. The van der Waals surface area contributed by atoms with Gasteiger partial charge >= 0.3 is 5.97 Å². The van der Waals surface area contributed by atoms with E-state index in [9.17, 15) is 9.90 Å². The zero-order valence-corrected chi connectivity index (χ0v) is 12.6. The smallest absolute Gasteiger partial charge is 0.336 e. The van der Waals surface area contributed by atoms with E-state index in [2.05, 4.69) is 6.92 Å². The van der Waals surface area contributed by atoms with Gasteiger partial charge in [-0.2, -0.15) is 0 Å². The van der Waals surface area contributed by atoms with Gasteiger partial charge < -0.3 is 5.11 Å². The van der Waals surface area contributed by atoms with Gasteiger partial charge in [-0.05, 0) is 43.4 Å². The Labute approximate surface area is 119 Å². The van der Waals surface area contributed by atoms with Crippen molar-refractivity contribution >= 4 is 16.9 Å². The van der Waals surface area contributed by atoms with Crippen molar-refractivity contribution in [1.29, 1.82) is 0 Å². The highest BCUT2D eigenvalue weighted by Crippen LogP contribution is 2.28. The molecule has 0 fully saturated rings. The maximum atomic E-state index is 11.7. The van der Waals surface area contributed by atoms with E-state index in [4.69, 9.17) is 4.98 Å². The molecule has 106 valence electrons. The Kier molecular flexibility index (Phi) is 4.07. The summed E-state index contributed by atoms with van der Waals surface area (Å²) in [5, 5.41) is 10.4. The number of pyridine rings is 1. The molecule has 1 aromatic heterocycles. The van der Waals surface area contributed by atoms with E-state index in [1.165, 1.54) is 0 Å². The first-order chi connectivity index (χ1) is 9.51. The van der Waals surface area contributed by atoms with Crippen molar-refractivity contribution in [1.82, 2.24) is 4.98 Å². The number of carboxylic acid groups (broad SMARTS) is 1. The summed E-state index contributed by atoms with van der Waals surface area (Å²) in [6, 6.07) is 3.87. The van der Waals surface area contributed by atoms with Crippen LogP contribution in [0.25, 0.3) is 10.9 Å². The largest absolute Gasteiger partial charge is 0.478 e. The molecule has 2 rings (SSSR count). The molecule has 0 saturated carbocycles. The Bertz CT molecular complexity index is 674. The monoisotopic (exact) mass is 271 g/mol. The molecule has 0 spiro atoms. The van der Waals surface area contributed by atoms with Crippen molar-refractivity contribution in [3.63, 3.8) is 0 Å². The average molecular weight is 271 g/mol. The van der Waals surface area contributed by atoms with E-state index in [-0.39, 0.29) is 0 Å².